The molecule has 1 aromatic carbocycles. The van der Waals surface area contributed by atoms with Gasteiger partial charge in [0.1, 0.15) is 11.6 Å². The zero-order valence-electron chi connectivity index (χ0n) is 15.5. The summed E-state index contributed by atoms with van der Waals surface area (Å²) in [5.41, 5.74) is 1.55. The third kappa shape index (κ3) is 4.78. The van der Waals surface area contributed by atoms with Crippen molar-refractivity contribution in [2.75, 3.05) is 0 Å². The van der Waals surface area contributed by atoms with Crippen LogP contribution in [0.1, 0.15) is 30.8 Å². The third-order valence-electron chi connectivity index (χ3n) is 4.33. The summed E-state index contributed by atoms with van der Waals surface area (Å²) in [6.07, 6.45) is 6.95. The number of nitrogens with zero attached hydrogens (tertiary/aromatic N) is 4. The Morgan fingerprint density at radius 2 is 1.96 bits per heavy atom. The maximum Gasteiger partial charge on any atom is 0.225 e. The first-order chi connectivity index (χ1) is 13.0. The van der Waals surface area contributed by atoms with Crippen LogP contribution in [0.25, 0.3) is 0 Å². The monoisotopic (exact) mass is 366 g/mol. The molecule has 2 aromatic heterocycles. The molecule has 140 valence electrons. The summed E-state index contributed by atoms with van der Waals surface area (Å²) in [6, 6.07) is 10.5. The zero-order valence-corrected chi connectivity index (χ0v) is 15.5. The summed E-state index contributed by atoms with van der Waals surface area (Å²) in [5.74, 6) is 0.384. The predicted octanol–water partition coefficient (Wildman–Crippen LogP) is 3.65. The molecule has 0 aliphatic carbocycles. The Labute approximate surface area is 158 Å². The van der Waals surface area contributed by atoms with Crippen LogP contribution in [0, 0.1) is 11.7 Å². The molecule has 0 unspecified atom stereocenters. The number of hydrogen-bond acceptors (Lipinski definition) is 3. The van der Waals surface area contributed by atoms with Gasteiger partial charge in [-0.05, 0) is 17.7 Å². The van der Waals surface area contributed by atoms with E-state index in [1.165, 1.54) is 6.07 Å². The van der Waals surface area contributed by atoms with Crippen molar-refractivity contribution in [2.24, 2.45) is 5.92 Å². The van der Waals surface area contributed by atoms with Gasteiger partial charge in [0.25, 0.3) is 0 Å². The minimum absolute atomic E-state index is 0.0410. The average Bonchev–Trinajstić information content (AvgIpc) is 3.10. The van der Waals surface area contributed by atoms with E-state index in [2.05, 4.69) is 9.97 Å². The van der Waals surface area contributed by atoms with Gasteiger partial charge in [0.2, 0.25) is 5.91 Å². The van der Waals surface area contributed by atoms with Crippen molar-refractivity contribution in [3.8, 4) is 0 Å². The Kier molecular flexibility index (Phi) is 5.96. The molecule has 0 N–H and O–H groups in total. The number of halogens is 1. The van der Waals surface area contributed by atoms with Crippen LogP contribution in [0.2, 0.25) is 0 Å². The van der Waals surface area contributed by atoms with Crippen LogP contribution in [0.4, 0.5) is 4.39 Å². The number of imidazole rings is 1. The lowest BCUT2D eigenvalue weighted by molar-refractivity contribution is -0.135. The van der Waals surface area contributed by atoms with Crippen LogP contribution >= 0.6 is 0 Å². The molecule has 27 heavy (non-hydrogen) atoms. The van der Waals surface area contributed by atoms with Crippen molar-refractivity contribution >= 4 is 5.91 Å². The molecule has 0 fully saturated rings. The Hall–Kier alpha value is -3.02. The van der Waals surface area contributed by atoms with Gasteiger partial charge in [0.05, 0.1) is 13.1 Å². The highest BCUT2D eigenvalue weighted by molar-refractivity contribution is 5.78. The SMILES string of the molecule is CC(C)C(=O)N(Cc1cccnc1)Cc1nccn1Cc1ccccc1F. The molecule has 0 atom stereocenters. The molecule has 2 heterocycles. The topological polar surface area (TPSA) is 51.0 Å². The van der Waals surface area contributed by atoms with Gasteiger partial charge in [0.15, 0.2) is 0 Å². The first-order valence-electron chi connectivity index (χ1n) is 8.95. The Balaban J connectivity index is 1.81. The fourth-order valence-electron chi connectivity index (χ4n) is 2.91. The van der Waals surface area contributed by atoms with E-state index in [1.807, 2.05) is 42.8 Å². The summed E-state index contributed by atoms with van der Waals surface area (Å²) in [5, 5.41) is 0. The number of amides is 1. The van der Waals surface area contributed by atoms with Crippen molar-refractivity contribution in [2.45, 2.75) is 33.5 Å². The molecule has 3 rings (SSSR count). The minimum atomic E-state index is -0.248. The third-order valence-corrected chi connectivity index (χ3v) is 4.33. The number of benzene rings is 1. The van der Waals surface area contributed by atoms with Gasteiger partial charge in [-0.25, -0.2) is 9.37 Å². The van der Waals surface area contributed by atoms with Crippen molar-refractivity contribution in [1.82, 2.24) is 19.4 Å². The van der Waals surface area contributed by atoms with E-state index in [9.17, 15) is 9.18 Å². The number of pyridine rings is 1. The largest absolute Gasteiger partial charge is 0.331 e. The molecule has 5 nitrogen and oxygen atoms in total. The summed E-state index contributed by atoms with van der Waals surface area (Å²) in [6.45, 7) is 4.94. The fourth-order valence-corrected chi connectivity index (χ4v) is 2.91. The standard InChI is InChI=1S/C21H23FN4O/c1-16(2)21(27)26(13-17-6-5-9-23-12-17)15-20-24-10-11-25(20)14-18-7-3-4-8-19(18)22/h3-12,16H,13-15H2,1-2H3. The molecule has 0 spiro atoms. The van der Waals surface area contributed by atoms with Gasteiger partial charge >= 0.3 is 0 Å². The minimum Gasteiger partial charge on any atom is -0.331 e. The smallest absolute Gasteiger partial charge is 0.225 e. The van der Waals surface area contributed by atoms with Crippen molar-refractivity contribution in [3.05, 3.63) is 84.0 Å². The van der Waals surface area contributed by atoms with Crippen molar-refractivity contribution in [3.63, 3.8) is 0 Å². The van der Waals surface area contributed by atoms with E-state index in [0.29, 0.717) is 25.2 Å². The maximum absolute atomic E-state index is 14.0. The van der Waals surface area contributed by atoms with Gasteiger partial charge in [-0.15, -0.1) is 0 Å². The first kappa shape index (κ1) is 18.8. The van der Waals surface area contributed by atoms with Gasteiger partial charge in [-0.2, -0.15) is 0 Å². The van der Waals surface area contributed by atoms with E-state index in [4.69, 9.17) is 0 Å². The van der Waals surface area contributed by atoms with Crippen LogP contribution in [0.3, 0.4) is 0 Å². The summed E-state index contributed by atoms with van der Waals surface area (Å²) in [4.78, 5) is 23.0. The van der Waals surface area contributed by atoms with Gasteiger partial charge in [-0.3, -0.25) is 9.78 Å². The maximum atomic E-state index is 14.0. The molecular formula is C21H23FN4O. The number of hydrogen-bond donors (Lipinski definition) is 0. The van der Waals surface area contributed by atoms with E-state index in [1.54, 1.807) is 35.6 Å². The molecule has 0 saturated heterocycles. The first-order valence-corrected chi connectivity index (χ1v) is 8.95. The second-order valence-electron chi connectivity index (χ2n) is 6.77. The van der Waals surface area contributed by atoms with Crippen LogP contribution in [0.15, 0.2) is 61.2 Å². The highest BCUT2D eigenvalue weighted by Crippen LogP contribution is 2.15. The Bertz CT molecular complexity index is 892. The average molecular weight is 366 g/mol. The number of carbonyl (C=O) groups excluding carboxylic acids is 1. The Morgan fingerprint density at radius 1 is 1.15 bits per heavy atom. The highest BCUT2D eigenvalue weighted by atomic mass is 19.1. The second kappa shape index (κ2) is 8.58. The summed E-state index contributed by atoms with van der Waals surface area (Å²) in [7, 11) is 0. The summed E-state index contributed by atoms with van der Waals surface area (Å²) >= 11 is 0. The number of carbonyl (C=O) groups is 1. The van der Waals surface area contributed by atoms with Crippen molar-refractivity contribution < 1.29 is 9.18 Å². The molecular weight excluding hydrogens is 343 g/mol. The summed E-state index contributed by atoms with van der Waals surface area (Å²) < 4.78 is 15.9. The molecule has 0 bridgehead atoms. The molecule has 3 aromatic rings. The molecule has 1 amide bonds. The van der Waals surface area contributed by atoms with E-state index < -0.39 is 0 Å². The zero-order chi connectivity index (χ0) is 19.2. The van der Waals surface area contributed by atoms with Crippen molar-refractivity contribution in [1.29, 1.82) is 0 Å². The van der Waals surface area contributed by atoms with E-state index >= 15 is 0 Å². The lowest BCUT2D eigenvalue weighted by atomic mass is 10.1. The predicted molar refractivity (Wildman–Crippen MR) is 101 cm³/mol. The van der Waals surface area contributed by atoms with E-state index in [0.717, 1.165) is 11.4 Å². The van der Waals surface area contributed by atoms with Crippen LogP contribution < -0.4 is 0 Å². The quantitative estimate of drug-likeness (QED) is 0.641. The number of rotatable bonds is 7. The molecule has 0 radical (unpaired) electrons. The highest BCUT2D eigenvalue weighted by Gasteiger charge is 2.20. The van der Waals surface area contributed by atoms with Crippen LogP contribution in [-0.4, -0.2) is 25.3 Å². The number of aromatic nitrogens is 3. The normalized spacial score (nSPS) is 11.0. The molecule has 0 aliphatic rings. The van der Waals surface area contributed by atoms with Gasteiger partial charge in [-0.1, -0.05) is 38.1 Å². The lowest BCUT2D eigenvalue weighted by Crippen LogP contribution is -2.34. The fraction of sp³-hybridized carbons (Fsp3) is 0.286. The molecule has 6 heteroatoms. The Morgan fingerprint density at radius 3 is 2.67 bits per heavy atom. The van der Waals surface area contributed by atoms with Crippen LogP contribution in [-0.2, 0) is 24.4 Å². The molecule has 0 aliphatic heterocycles. The van der Waals surface area contributed by atoms with Gasteiger partial charge in [0, 0.05) is 42.8 Å². The van der Waals surface area contributed by atoms with Crippen LogP contribution in [0.5, 0.6) is 0 Å². The van der Waals surface area contributed by atoms with E-state index in [-0.39, 0.29) is 17.6 Å². The lowest BCUT2D eigenvalue weighted by Gasteiger charge is -2.25. The van der Waals surface area contributed by atoms with Gasteiger partial charge < -0.3 is 9.47 Å². The second-order valence-corrected chi connectivity index (χ2v) is 6.77. The molecule has 0 saturated carbocycles.